The summed E-state index contributed by atoms with van der Waals surface area (Å²) in [4.78, 5) is 15.4. The van der Waals surface area contributed by atoms with Crippen molar-refractivity contribution in [3.63, 3.8) is 0 Å². The number of thiophene rings is 2. The van der Waals surface area contributed by atoms with Crippen molar-refractivity contribution in [2.24, 2.45) is 0 Å². The SMILES string of the molecule is CCCCCCCC[Si]1(CCCCCCCC)c2ccsc2-c2sc(C=O)cc21. The van der Waals surface area contributed by atoms with E-state index < -0.39 is 8.07 Å². The van der Waals surface area contributed by atoms with Crippen molar-refractivity contribution >= 4 is 47.4 Å². The number of aldehydes is 1. The predicted octanol–water partition coefficient (Wildman–Crippen LogP) is 7.89. The predicted molar refractivity (Wildman–Crippen MR) is 134 cm³/mol. The zero-order valence-electron chi connectivity index (χ0n) is 18.4. The highest BCUT2D eigenvalue weighted by molar-refractivity contribution is 7.29. The summed E-state index contributed by atoms with van der Waals surface area (Å²) in [5, 5.41) is 5.63. The van der Waals surface area contributed by atoms with Crippen molar-refractivity contribution in [3.05, 3.63) is 22.4 Å². The molecule has 29 heavy (non-hydrogen) atoms. The summed E-state index contributed by atoms with van der Waals surface area (Å²) in [6, 6.07) is 7.52. The Morgan fingerprint density at radius 1 is 0.793 bits per heavy atom. The first-order chi connectivity index (χ1) is 14.3. The average molecular weight is 447 g/mol. The molecule has 1 aliphatic rings. The van der Waals surface area contributed by atoms with Crippen molar-refractivity contribution in [1.29, 1.82) is 0 Å². The summed E-state index contributed by atoms with van der Waals surface area (Å²) in [6.45, 7) is 4.59. The molecule has 3 rings (SSSR count). The van der Waals surface area contributed by atoms with Crippen LogP contribution in [0.1, 0.15) is 101 Å². The Kier molecular flexibility index (Phi) is 9.20. The van der Waals surface area contributed by atoms with Crippen LogP contribution in [0.25, 0.3) is 9.75 Å². The third-order valence-corrected chi connectivity index (χ3v) is 14.5. The molecule has 0 saturated heterocycles. The maximum atomic E-state index is 11.5. The summed E-state index contributed by atoms with van der Waals surface area (Å²) in [5.74, 6) is 0. The summed E-state index contributed by atoms with van der Waals surface area (Å²) in [5.41, 5.74) is 0. The second kappa shape index (κ2) is 11.6. The van der Waals surface area contributed by atoms with Gasteiger partial charge in [-0.3, -0.25) is 4.79 Å². The molecule has 0 bridgehead atoms. The van der Waals surface area contributed by atoms with Crippen molar-refractivity contribution in [3.8, 4) is 9.75 Å². The Balaban J connectivity index is 1.74. The lowest BCUT2D eigenvalue weighted by molar-refractivity contribution is 0.112. The Morgan fingerprint density at radius 3 is 1.97 bits per heavy atom. The molecule has 1 aliphatic heterocycles. The number of hydrogen-bond donors (Lipinski definition) is 0. The zero-order chi connectivity index (χ0) is 20.5. The van der Waals surface area contributed by atoms with Crippen molar-refractivity contribution in [1.82, 2.24) is 0 Å². The highest BCUT2D eigenvalue weighted by atomic mass is 32.1. The fourth-order valence-electron chi connectivity index (χ4n) is 5.08. The maximum absolute atomic E-state index is 11.5. The van der Waals surface area contributed by atoms with Gasteiger partial charge in [0.25, 0.3) is 0 Å². The minimum absolute atomic E-state index is 0.941. The van der Waals surface area contributed by atoms with Crippen LogP contribution < -0.4 is 10.4 Å². The van der Waals surface area contributed by atoms with Gasteiger partial charge in [0, 0.05) is 9.75 Å². The first-order valence-corrected chi connectivity index (χ1v) is 16.1. The van der Waals surface area contributed by atoms with Crippen LogP contribution in [0.15, 0.2) is 17.5 Å². The molecule has 0 aromatic carbocycles. The minimum Gasteiger partial charge on any atom is -0.297 e. The van der Waals surface area contributed by atoms with E-state index in [1.807, 2.05) is 11.3 Å². The topological polar surface area (TPSA) is 17.1 Å². The molecule has 160 valence electrons. The Labute approximate surface area is 187 Å². The van der Waals surface area contributed by atoms with E-state index in [1.165, 1.54) is 98.9 Å². The van der Waals surface area contributed by atoms with E-state index in [2.05, 4.69) is 31.4 Å². The van der Waals surface area contributed by atoms with Gasteiger partial charge in [-0.05, 0) is 33.9 Å². The normalized spacial score (nSPS) is 14.1. The van der Waals surface area contributed by atoms with Crippen LogP contribution in [-0.4, -0.2) is 14.4 Å². The lowest BCUT2D eigenvalue weighted by atomic mass is 10.1. The lowest BCUT2D eigenvalue weighted by Crippen LogP contribution is -2.54. The molecule has 0 N–H and O–H groups in total. The molecule has 0 aliphatic carbocycles. The summed E-state index contributed by atoms with van der Waals surface area (Å²) >= 11 is 3.66. The number of hydrogen-bond acceptors (Lipinski definition) is 3. The molecule has 1 nitrogen and oxygen atoms in total. The van der Waals surface area contributed by atoms with Gasteiger partial charge in [-0.2, -0.15) is 0 Å². The number of carbonyl (C=O) groups excluding carboxylic acids is 1. The summed E-state index contributed by atoms with van der Waals surface area (Å²) in [7, 11) is -1.69. The molecule has 2 aromatic heterocycles. The first-order valence-electron chi connectivity index (χ1n) is 11.9. The molecule has 0 amide bonds. The molecular formula is C25H38OS2Si. The third-order valence-electron chi connectivity index (χ3n) is 6.68. The fourth-order valence-corrected chi connectivity index (χ4v) is 14.1. The second-order valence-electron chi connectivity index (χ2n) is 8.79. The van der Waals surface area contributed by atoms with Gasteiger partial charge < -0.3 is 0 Å². The van der Waals surface area contributed by atoms with E-state index >= 15 is 0 Å². The van der Waals surface area contributed by atoms with Crippen LogP contribution in [0, 0.1) is 0 Å². The molecule has 0 atom stereocenters. The standard InChI is InChI=1S/C25H38OS2Si/c1-3-5-7-9-11-13-17-29(18-14-12-10-8-6-4-2)22-15-16-27-24(22)25-23(29)19-21(20-26)28-25/h15-16,19-20H,3-14,17-18H2,1-2H3. The molecule has 0 radical (unpaired) electrons. The molecular weight excluding hydrogens is 408 g/mol. The molecule has 4 heteroatoms. The molecule has 3 heterocycles. The van der Waals surface area contributed by atoms with Gasteiger partial charge in [0.15, 0.2) is 6.29 Å². The number of rotatable bonds is 15. The van der Waals surface area contributed by atoms with Crippen molar-refractivity contribution < 1.29 is 4.79 Å². The van der Waals surface area contributed by atoms with Crippen LogP contribution in [-0.2, 0) is 0 Å². The van der Waals surface area contributed by atoms with Crippen LogP contribution >= 0.6 is 22.7 Å². The zero-order valence-corrected chi connectivity index (χ0v) is 21.1. The number of fused-ring (bicyclic) bond motifs is 3. The van der Waals surface area contributed by atoms with Gasteiger partial charge in [0.2, 0.25) is 0 Å². The smallest absolute Gasteiger partial charge is 0.160 e. The largest absolute Gasteiger partial charge is 0.297 e. The van der Waals surface area contributed by atoms with Crippen molar-refractivity contribution in [2.75, 3.05) is 0 Å². The molecule has 0 fully saturated rings. The van der Waals surface area contributed by atoms with Crippen molar-refractivity contribution in [2.45, 2.75) is 103 Å². The minimum atomic E-state index is -1.69. The van der Waals surface area contributed by atoms with Crippen LogP contribution in [0.3, 0.4) is 0 Å². The fraction of sp³-hybridized carbons (Fsp3) is 0.640. The van der Waals surface area contributed by atoms with Crippen LogP contribution in [0.2, 0.25) is 12.1 Å². The van der Waals surface area contributed by atoms with Gasteiger partial charge in [0.05, 0.1) is 4.88 Å². The van der Waals surface area contributed by atoms with Crippen LogP contribution in [0.4, 0.5) is 0 Å². The number of carbonyl (C=O) groups is 1. The average Bonchev–Trinajstić information content (AvgIpc) is 3.42. The van der Waals surface area contributed by atoms with Gasteiger partial charge in [0.1, 0.15) is 8.07 Å². The third kappa shape index (κ3) is 5.32. The van der Waals surface area contributed by atoms with E-state index in [4.69, 9.17) is 0 Å². The Bertz CT molecular complexity index is 745. The molecule has 2 aromatic rings. The Hall–Kier alpha value is -0.713. The lowest BCUT2D eigenvalue weighted by Gasteiger charge is -2.29. The number of unbranched alkanes of at least 4 members (excludes halogenated alkanes) is 10. The van der Waals surface area contributed by atoms with E-state index in [1.54, 1.807) is 21.7 Å². The van der Waals surface area contributed by atoms with Gasteiger partial charge >= 0.3 is 0 Å². The molecule has 0 unspecified atom stereocenters. The van der Waals surface area contributed by atoms with E-state index in [9.17, 15) is 4.79 Å². The molecule has 0 spiro atoms. The van der Waals surface area contributed by atoms with E-state index in [-0.39, 0.29) is 0 Å². The van der Waals surface area contributed by atoms with E-state index in [0.29, 0.717) is 0 Å². The maximum Gasteiger partial charge on any atom is 0.160 e. The molecule has 0 saturated carbocycles. The van der Waals surface area contributed by atoms with Gasteiger partial charge in [-0.1, -0.05) is 97.0 Å². The van der Waals surface area contributed by atoms with Gasteiger partial charge in [-0.15, -0.1) is 22.7 Å². The van der Waals surface area contributed by atoms with Gasteiger partial charge in [-0.25, -0.2) is 0 Å². The summed E-state index contributed by atoms with van der Waals surface area (Å²) in [6.07, 6.45) is 17.5. The quantitative estimate of drug-likeness (QED) is 0.154. The summed E-state index contributed by atoms with van der Waals surface area (Å²) < 4.78 is 0. The monoisotopic (exact) mass is 446 g/mol. The highest BCUT2D eigenvalue weighted by Crippen LogP contribution is 2.41. The second-order valence-corrected chi connectivity index (χ2v) is 15.0. The first kappa shape index (κ1) is 23.0. The highest BCUT2D eigenvalue weighted by Gasteiger charge is 2.46. The Morgan fingerprint density at radius 2 is 1.38 bits per heavy atom. The van der Waals surface area contributed by atoms with E-state index in [0.717, 1.165) is 11.2 Å². The van der Waals surface area contributed by atoms with Crippen LogP contribution in [0.5, 0.6) is 0 Å².